The monoisotopic (exact) mass is 292 g/mol. The lowest BCUT2D eigenvalue weighted by molar-refractivity contribution is 0.217. The van der Waals surface area contributed by atoms with Crippen LogP contribution in [0, 0.1) is 0 Å². The van der Waals surface area contributed by atoms with Gasteiger partial charge < -0.3 is 15.0 Å². The van der Waals surface area contributed by atoms with Crippen LogP contribution in [0.15, 0.2) is 36.4 Å². The van der Waals surface area contributed by atoms with Gasteiger partial charge in [-0.2, -0.15) is 11.8 Å². The molecule has 0 bridgehead atoms. The first-order chi connectivity index (χ1) is 9.65. The Morgan fingerprint density at radius 2 is 2.20 bits per heavy atom. The predicted molar refractivity (Wildman–Crippen MR) is 84.7 cm³/mol. The van der Waals surface area contributed by atoms with Gasteiger partial charge in [-0.15, -0.1) is 0 Å². The smallest absolute Gasteiger partial charge is 0.321 e. The number of thioether (sulfide) groups is 1. The molecule has 1 N–H and O–H groups in total. The minimum atomic E-state index is -0.0395. The Morgan fingerprint density at radius 1 is 1.45 bits per heavy atom. The molecule has 0 aliphatic carbocycles. The van der Waals surface area contributed by atoms with Gasteiger partial charge in [0.25, 0.3) is 0 Å². The molecule has 0 unspecified atom stereocenters. The third kappa shape index (κ3) is 4.49. The summed E-state index contributed by atoms with van der Waals surface area (Å²) >= 11 is 1.88. The first-order valence-electron chi connectivity index (χ1n) is 6.66. The molecule has 20 heavy (non-hydrogen) atoms. The lowest BCUT2D eigenvalue weighted by atomic mass is 10.3. The van der Waals surface area contributed by atoms with Crippen LogP contribution in [0.5, 0.6) is 5.75 Å². The van der Waals surface area contributed by atoms with E-state index in [9.17, 15) is 4.79 Å². The van der Waals surface area contributed by atoms with E-state index in [1.807, 2.05) is 47.9 Å². The first-order valence-corrected chi connectivity index (χ1v) is 7.81. The molecule has 2 rings (SSSR count). The van der Waals surface area contributed by atoms with Gasteiger partial charge in [-0.3, -0.25) is 0 Å². The van der Waals surface area contributed by atoms with Crippen molar-refractivity contribution in [2.75, 3.05) is 36.5 Å². The van der Waals surface area contributed by atoms with Crippen molar-refractivity contribution in [2.45, 2.75) is 6.92 Å². The molecule has 2 amide bonds. The maximum atomic E-state index is 12.1. The Balaban J connectivity index is 1.93. The molecular weight excluding hydrogens is 272 g/mol. The van der Waals surface area contributed by atoms with Crippen molar-refractivity contribution in [3.05, 3.63) is 36.4 Å². The third-order valence-corrected chi connectivity index (χ3v) is 3.81. The zero-order valence-electron chi connectivity index (χ0n) is 11.7. The molecule has 1 aromatic rings. The molecule has 1 saturated heterocycles. The van der Waals surface area contributed by atoms with E-state index in [0.717, 1.165) is 41.6 Å². The number of carbonyl (C=O) groups is 1. The lowest BCUT2D eigenvalue weighted by Crippen LogP contribution is -2.40. The first kappa shape index (κ1) is 14.8. The number of nitrogens with zero attached hydrogens (tertiary/aromatic N) is 1. The summed E-state index contributed by atoms with van der Waals surface area (Å²) in [7, 11) is 0. The highest BCUT2D eigenvalue weighted by Gasteiger charge is 2.16. The zero-order valence-corrected chi connectivity index (χ0v) is 12.5. The van der Waals surface area contributed by atoms with Gasteiger partial charge in [-0.25, -0.2) is 4.79 Å². The maximum absolute atomic E-state index is 12.1. The van der Waals surface area contributed by atoms with Crippen molar-refractivity contribution >= 4 is 23.5 Å². The fourth-order valence-corrected chi connectivity index (χ4v) is 2.74. The van der Waals surface area contributed by atoms with Gasteiger partial charge in [-0.05, 0) is 24.6 Å². The van der Waals surface area contributed by atoms with E-state index < -0.39 is 0 Å². The Labute approximate surface area is 124 Å². The van der Waals surface area contributed by atoms with Crippen molar-refractivity contribution in [2.24, 2.45) is 0 Å². The van der Waals surface area contributed by atoms with Gasteiger partial charge in [0, 0.05) is 36.3 Å². The summed E-state index contributed by atoms with van der Waals surface area (Å²) in [6, 6.07) is 7.40. The summed E-state index contributed by atoms with van der Waals surface area (Å²) in [6.07, 6.45) is 0. The highest BCUT2D eigenvalue weighted by molar-refractivity contribution is 7.99. The Hall–Kier alpha value is -1.62. The fraction of sp³-hybridized carbons (Fsp3) is 0.400. The zero-order chi connectivity index (χ0) is 14.4. The largest absolute Gasteiger partial charge is 0.489 e. The average molecular weight is 292 g/mol. The number of hydrogen-bond donors (Lipinski definition) is 1. The second kappa shape index (κ2) is 7.24. The molecule has 0 saturated carbocycles. The second-order valence-electron chi connectivity index (χ2n) is 4.80. The minimum Gasteiger partial charge on any atom is -0.489 e. The van der Waals surface area contributed by atoms with Crippen LogP contribution in [0.3, 0.4) is 0 Å². The molecule has 1 aliphatic rings. The fourth-order valence-electron chi connectivity index (χ4n) is 1.84. The van der Waals surface area contributed by atoms with Crippen molar-refractivity contribution in [3.8, 4) is 5.75 Å². The third-order valence-electron chi connectivity index (χ3n) is 2.87. The van der Waals surface area contributed by atoms with Crippen LogP contribution in [0.4, 0.5) is 10.5 Å². The van der Waals surface area contributed by atoms with Crippen molar-refractivity contribution in [1.82, 2.24) is 4.90 Å². The average Bonchev–Trinajstić information content (AvgIpc) is 2.46. The standard InChI is InChI=1S/C15H20N2O2S/c1-12(2)11-19-14-5-3-4-13(10-14)16-15(18)17-6-8-20-9-7-17/h3-5,10H,1,6-9,11H2,2H3,(H,16,18). The number of ether oxygens (including phenoxy) is 1. The van der Waals surface area contributed by atoms with E-state index >= 15 is 0 Å². The van der Waals surface area contributed by atoms with E-state index in [1.165, 1.54) is 0 Å². The summed E-state index contributed by atoms with van der Waals surface area (Å²) in [6.45, 7) is 7.82. The van der Waals surface area contributed by atoms with Crippen LogP contribution in [-0.2, 0) is 0 Å². The molecule has 1 fully saturated rings. The van der Waals surface area contributed by atoms with Crippen LogP contribution < -0.4 is 10.1 Å². The van der Waals surface area contributed by atoms with E-state index in [2.05, 4.69) is 11.9 Å². The molecule has 0 aromatic heterocycles. The number of amides is 2. The Bertz CT molecular complexity index is 485. The van der Waals surface area contributed by atoms with Gasteiger partial charge in [0.1, 0.15) is 12.4 Å². The van der Waals surface area contributed by atoms with Crippen molar-refractivity contribution in [3.63, 3.8) is 0 Å². The van der Waals surface area contributed by atoms with Crippen LogP contribution in [-0.4, -0.2) is 42.1 Å². The SMILES string of the molecule is C=C(C)COc1cccc(NC(=O)N2CCSCC2)c1. The molecule has 4 nitrogen and oxygen atoms in total. The van der Waals surface area contributed by atoms with Crippen LogP contribution >= 0.6 is 11.8 Å². The van der Waals surface area contributed by atoms with Crippen LogP contribution in [0.25, 0.3) is 0 Å². The highest BCUT2D eigenvalue weighted by atomic mass is 32.2. The molecule has 1 aliphatic heterocycles. The minimum absolute atomic E-state index is 0.0395. The predicted octanol–water partition coefficient (Wildman–Crippen LogP) is 3.22. The summed E-state index contributed by atoms with van der Waals surface area (Å²) in [5.74, 6) is 2.75. The normalized spacial score (nSPS) is 14.8. The van der Waals surface area contributed by atoms with Gasteiger partial charge in [0.05, 0.1) is 0 Å². The molecule has 0 spiro atoms. The number of nitrogens with one attached hydrogen (secondary N) is 1. The van der Waals surface area contributed by atoms with Crippen LogP contribution in [0.1, 0.15) is 6.92 Å². The van der Waals surface area contributed by atoms with Crippen LogP contribution in [0.2, 0.25) is 0 Å². The number of rotatable bonds is 4. The summed E-state index contributed by atoms with van der Waals surface area (Å²) in [5.41, 5.74) is 1.72. The molecular formula is C15H20N2O2S. The van der Waals surface area contributed by atoms with E-state index in [0.29, 0.717) is 6.61 Å². The van der Waals surface area contributed by atoms with Gasteiger partial charge in [0.2, 0.25) is 0 Å². The molecule has 108 valence electrons. The number of benzene rings is 1. The summed E-state index contributed by atoms with van der Waals surface area (Å²) < 4.78 is 5.57. The van der Waals surface area contributed by atoms with Gasteiger partial charge in [0.15, 0.2) is 0 Å². The van der Waals surface area contributed by atoms with E-state index in [-0.39, 0.29) is 6.03 Å². The lowest BCUT2D eigenvalue weighted by Gasteiger charge is -2.26. The molecule has 0 radical (unpaired) electrons. The Kier molecular flexibility index (Phi) is 5.35. The quantitative estimate of drug-likeness (QED) is 0.866. The van der Waals surface area contributed by atoms with Crippen molar-refractivity contribution in [1.29, 1.82) is 0 Å². The molecule has 1 aromatic carbocycles. The second-order valence-corrected chi connectivity index (χ2v) is 6.03. The van der Waals surface area contributed by atoms with E-state index in [4.69, 9.17) is 4.74 Å². The van der Waals surface area contributed by atoms with E-state index in [1.54, 1.807) is 0 Å². The maximum Gasteiger partial charge on any atom is 0.321 e. The number of carbonyl (C=O) groups excluding carboxylic acids is 1. The molecule has 5 heteroatoms. The van der Waals surface area contributed by atoms with Crippen molar-refractivity contribution < 1.29 is 9.53 Å². The highest BCUT2D eigenvalue weighted by Crippen LogP contribution is 2.19. The van der Waals surface area contributed by atoms with Gasteiger partial charge >= 0.3 is 6.03 Å². The molecule has 1 heterocycles. The summed E-state index contributed by atoms with van der Waals surface area (Å²) in [5, 5.41) is 2.91. The number of urea groups is 1. The summed E-state index contributed by atoms with van der Waals surface area (Å²) in [4.78, 5) is 13.9. The Morgan fingerprint density at radius 3 is 2.90 bits per heavy atom. The molecule has 0 atom stereocenters. The number of hydrogen-bond acceptors (Lipinski definition) is 3. The van der Waals surface area contributed by atoms with Gasteiger partial charge in [-0.1, -0.05) is 12.6 Å². The topological polar surface area (TPSA) is 41.6 Å². The number of anilines is 1.